The fourth-order valence-electron chi connectivity index (χ4n) is 2.93. The minimum absolute atomic E-state index is 1.05. The zero-order valence-corrected chi connectivity index (χ0v) is 10.2. The fourth-order valence-corrected chi connectivity index (χ4v) is 2.93. The van der Waals surface area contributed by atoms with Gasteiger partial charge < -0.3 is 0 Å². The van der Waals surface area contributed by atoms with Gasteiger partial charge in [-0.3, -0.25) is 4.68 Å². The maximum Gasteiger partial charge on any atom is 0.158 e. The molecule has 0 bridgehead atoms. The Morgan fingerprint density at radius 1 is 1.00 bits per heavy atom. The molecule has 84 valence electrons. The minimum Gasteiger partial charge on any atom is -0.250 e. The smallest absolute Gasteiger partial charge is 0.158 e. The van der Waals surface area contributed by atoms with Crippen LogP contribution in [0.25, 0.3) is 11.0 Å². The predicted octanol–water partition coefficient (Wildman–Crippen LogP) is 2.46. The monoisotopic (exact) mass is 215 g/mol. The van der Waals surface area contributed by atoms with Crippen LogP contribution in [0.2, 0.25) is 0 Å². The van der Waals surface area contributed by atoms with E-state index < -0.39 is 0 Å². The lowest BCUT2D eigenvalue weighted by Gasteiger charge is -2.18. The lowest BCUT2D eigenvalue weighted by molar-refractivity contribution is 0.682. The molecule has 3 rings (SSSR count). The van der Waals surface area contributed by atoms with E-state index in [9.17, 15) is 0 Å². The topological polar surface area (TPSA) is 30.7 Å². The van der Waals surface area contributed by atoms with Crippen molar-refractivity contribution in [2.24, 2.45) is 7.05 Å². The van der Waals surface area contributed by atoms with Crippen LogP contribution in [-0.4, -0.2) is 14.8 Å². The summed E-state index contributed by atoms with van der Waals surface area (Å²) in [6.45, 7) is 4.22. The van der Waals surface area contributed by atoms with Gasteiger partial charge in [0.1, 0.15) is 0 Å². The van der Waals surface area contributed by atoms with Crippen LogP contribution in [0.4, 0.5) is 0 Å². The number of hydrogen-bond acceptors (Lipinski definition) is 2. The number of pyridine rings is 1. The molecular formula is C13H17N3. The SMILES string of the molecule is Cc1nc2c(c(C)nn2C)c2c1CCCC2. The van der Waals surface area contributed by atoms with Crippen molar-refractivity contribution in [2.75, 3.05) is 0 Å². The molecule has 0 aliphatic heterocycles. The van der Waals surface area contributed by atoms with Crippen LogP contribution in [-0.2, 0) is 19.9 Å². The molecule has 0 unspecified atom stereocenters. The van der Waals surface area contributed by atoms with Crippen molar-refractivity contribution >= 4 is 11.0 Å². The van der Waals surface area contributed by atoms with E-state index in [-0.39, 0.29) is 0 Å². The van der Waals surface area contributed by atoms with Crippen molar-refractivity contribution < 1.29 is 0 Å². The Bertz CT molecular complexity index is 566. The summed E-state index contributed by atoms with van der Waals surface area (Å²) in [6, 6.07) is 0. The largest absolute Gasteiger partial charge is 0.250 e. The number of rotatable bonds is 0. The van der Waals surface area contributed by atoms with E-state index in [0.717, 1.165) is 11.3 Å². The highest BCUT2D eigenvalue weighted by atomic mass is 15.3. The highest BCUT2D eigenvalue weighted by Crippen LogP contribution is 2.31. The molecule has 0 atom stereocenters. The maximum absolute atomic E-state index is 4.71. The zero-order chi connectivity index (χ0) is 11.3. The Morgan fingerprint density at radius 2 is 1.69 bits per heavy atom. The summed E-state index contributed by atoms with van der Waals surface area (Å²) in [5.41, 5.74) is 6.37. The molecular weight excluding hydrogens is 198 g/mol. The van der Waals surface area contributed by atoms with Gasteiger partial charge in [0.25, 0.3) is 0 Å². The van der Waals surface area contributed by atoms with Crippen LogP contribution >= 0.6 is 0 Å². The molecule has 3 heteroatoms. The van der Waals surface area contributed by atoms with E-state index in [1.165, 1.54) is 47.9 Å². The third kappa shape index (κ3) is 1.20. The first-order valence-electron chi connectivity index (χ1n) is 6.00. The molecule has 0 aromatic carbocycles. The summed E-state index contributed by atoms with van der Waals surface area (Å²) in [6.07, 6.45) is 5.00. The van der Waals surface area contributed by atoms with E-state index >= 15 is 0 Å². The molecule has 1 aliphatic carbocycles. The van der Waals surface area contributed by atoms with Crippen LogP contribution in [0.5, 0.6) is 0 Å². The van der Waals surface area contributed by atoms with E-state index in [1.54, 1.807) is 0 Å². The molecule has 0 amide bonds. The Kier molecular flexibility index (Phi) is 2.03. The standard InChI is InChI=1S/C13H17N3/c1-8-10-6-4-5-7-11(10)12-9(2)15-16(3)13(12)14-8/h4-7H2,1-3H3. The minimum atomic E-state index is 1.05. The number of aromatic nitrogens is 3. The second kappa shape index (κ2) is 3.30. The maximum atomic E-state index is 4.71. The number of aryl methyl sites for hydroxylation is 4. The lowest BCUT2D eigenvalue weighted by atomic mass is 9.89. The van der Waals surface area contributed by atoms with E-state index in [1.807, 2.05) is 11.7 Å². The quantitative estimate of drug-likeness (QED) is 0.676. The van der Waals surface area contributed by atoms with Gasteiger partial charge in [-0.05, 0) is 50.7 Å². The van der Waals surface area contributed by atoms with Gasteiger partial charge in [-0.2, -0.15) is 5.10 Å². The van der Waals surface area contributed by atoms with Crippen molar-refractivity contribution in [2.45, 2.75) is 39.5 Å². The van der Waals surface area contributed by atoms with Gasteiger partial charge in [-0.25, -0.2) is 4.98 Å². The van der Waals surface area contributed by atoms with Crippen molar-refractivity contribution in [3.63, 3.8) is 0 Å². The molecule has 1 aliphatic rings. The van der Waals surface area contributed by atoms with Crippen LogP contribution in [0.1, 0.15) is 35.4 Å². The van der Waals surface area contributed by atoms with Crippen molar-refractivity contribution in [3.8, 4) is 0 Å². The van der Waals surface area contributed by atoms with Crippen LogP contribution in [0.15, 0.2) is 0 Å². The first-order valence-corrected chi connectivity index (χ1v) is 6.00. The van der Waals surface area contributed by atoms with Crippen LogP contribution in [0.3, 0.4) is 0 Å². The molecule has 3 nitrogen and oxygen atoms in total. The van der Waals surface area contributed by atoms with Gasteiger partial charge in [0.2, 0.25) is 0 Å². The van der Waals surface area contributed by atoms with Gasteiger partial charge in [0.15, 0.2) is 5.65 Å². The Labute approximate surface area is 95.5 Å². The average Bonchev–Trinajstić information content (AvgIpc) is 2.55. The van der Waals surface area contributed by atoms with E-state index in [0.29, 0.717) is 0 Å². The summed E-state index contributed by atoms with van der Waals surface area (Å²) in [7, 11) is 1.98. The van der Waals surface area contributed by atoms with Gasteiger partial charge in [0, 0.05) is 18.1 Å². The Hall–Kier alpha value is -1.38. The van der Waals surface area contributed by atoms with Crippen molar-refractivity contribution in [1.82, 2.24) is 14.8 Å². The van der Waals surface area contributed by atoms with Crippen LogP contribution in [0, 0.1) is 13.8 Å². The Morgan fingerprint density at radius 3 is 2.44 bits per heavy atom. The third-order valence-electron chi connectivity index (χ3n) is 3.67. The van der Waals surface area contributed by atoms with Crippen LogP contribution < -0.4 is 0 Å². The summed E-state index contributed by atoms with van der Waals surface area (Å²) in [5, 5.41) is 5.80. The fraction of sp³-hybridized carbons (Fsp3) is 0.538. The van der Waals surface area contributed by atoms with E-state index in [2.05, 4.69) is 18.9 Å². The molecule has 2 heterocycles. The summed E-state index contributed by atoms with van der Waals surface area (Å²) >= 11 is 0. The number of nitrogens with zero attached hydrogens (tertiary/aromatic N) is 3. The number of fused-ring (bicyclic) bond motifs is 3. The predicted molar refractivity (Wildman–Crippen MR) is 64.6 cm³/mol. The summed E-state index contributed by atoms with van der Waals surface area (Å²) in [4.78, 5) is 4.71. The molecule has 0 fully saturated rings. The molecule has 0 N–H and O–H groups in total. The second-order valence-electron chi connectivity index (χ2n) is 4.77. The third-order valence-corrected chi connectivity index (χ3v) is 3.67. The van der Waals surface area contributed by atoms with Gasteiger partial charge in [-0.15, -0.1) is 0 Å². The molecule has 16 heavy (non-hydrogen) atoms. The molecule has 2 aromatic heterocycles. The summed E-state index contributed by atoms with van der Waals surface area (Å²) < 4.78 is 1.91. The zero-order valence-electron chi connectivity index (χ0n) is 10.2. The average molecular weight is 215 g/mol. The molecule has 0 radical (unpaired) electrons. The van der Waals surface area contributed by atoms with Crippen molar-refractivity contribution in [3.05, 3.63) is 22.5 Å². The normalized spacial score (nSPS) is 15.4. The lowest BCUT2D eigenvalue weighted by Crippen LogP contribution is -2.08. The van der Waals surface area contributed by atoms with Gasteiger partial charge >= 0.3 is 0 Å². The molecule has 2 aromatic rings. The van der Waals surface area contributed by atoms with E-state index in [4.69, 9.17) is 4.98 Å². The van der Waals surface area contributed by atoms with Gasteiger partial charge in [0.05, 0.1) is 5.69 Å². The highest BCUT2D eigenvalue weighted by molar-refractivity contribution is 5.84. The van der Waals surface area contributed by atoms with Gasteiger partial charge in [-0.1, -0.05) is 0 Å². The first kappa shape index (κ1) is 9.82. The Balaban J connectivity index is 2.44. The highest BCUT2D eigenvalue weighted by Gasteiger charge is 2.19. The molecule has 0 spiro atoms. The summed E-state index contributed by atoms with van der Waals surface area (Å²) in [5.74, 6) is 0. The molecule has 0 saturated carbocycles. The van der Waals surface area contributed by atoms with Crippen molar-refractivity contribution in [1.29, 1.82) is 0 Å². The molecule has 0 saturated heterocycles. The number of hydrogen-bond donors (Lipinski definition) is 0. The second-order valence-corrected chi connectivity index (χ2v) is 4.77. The first-order chi connectivity index (χ1) is 7.68.